The lowest BCUT2D eigenvalue weighted by atomic mass is 9.85. The molecule has 0 radical (unpaired) electrons. The van der Waals surface area contributed by atoms with Gasteiger partial charge in [0, 0.05) is 31.5 Å². The lowest BCUT2D eigenvalue weighted by molar-refractivity contribution is -0.152. The molecule has 1 aromatic carbocycles. The number of carbonyl (C=O) groups excluding carboxylic acids is 1. The number of ether oxygens (including phenoxy) is 1. The zero-order valence-electron chi connectivity index (χ0n) is 14.8. The number of fused-ring (bicyclic) bond motifs is 1. The summed E-state index contributed by atoms with van der Waals surface area (Å²) >= 11 is 0. The SMILES string of the molecule is C[C@@]12CN(Cc3ccccn3)CC[C@H]1N(c1ccc(F)cc1)C(=O)CO2. The van der Waals surface area contributed by atoms with Crippen LogP contribution < -0.4 is 4.90 Å². The predicted octanol–water partition coefficient (Wildman–Crippen LogP) is 2.62. The minimum Gasteiger partial charge on any atom is -0.362 e. The molecular formula is C20H22FN3O2. The van der Waals surface area contributed by atoms with E-state index in [0.29, 0.717) is 0 Å². The molecule has 26 heavy (non-hydrogen) atoms. The van der Waals surface area contributed by atoms with Crippen molar-refractivity contribution < 1.29 is 13.9 Å². The highest BCUT2D eigenvalue weighted by molar-refractivity contribution is 5.96. The molecule has 0 aliphatic carbocycles. The smallest absolute Gasteiger partial charge is 0.253 e. The van der Waals surface area contributed by atoms with Crippen LogP contribution in [-0.2, 0) is 16.1 Å². The second-order valence-electron chi connectivity index (χ2n) is 7.18. The average molecular weight is 355 g/mol. The third-order valence-electron chi connectivity index (χ3n) is 5.28. The third-order valence-corrected chi connectivity index (χ3v) is 5.28. The molecule has 0 bridgehead atoms. The highest BCUT2D eigenvalue weighted by atomic mass is 19.1. The summed E-state index contributed by atoms with van der Waals surface area (Å²) in [5.41, 5.74) is 1.29. The molecule has 0 unspecified atom stereocenters. The van der Waals surface area contributed by atoms with Crippen LogP contribution >= 0.6 is 0 Å². The molecule has 2 aliphatic rings. The van der Waals surface area contributed by atoms with Crippen molar-refractivity contribution in [2.75, 3.05) is 24.6 Å². The third kappa shape index (κ3) is 3.22. The van der Waals surface area contributed by atoms with Crippen molar-refractivity contribution in [3.8, 4) is 0 Å². The van der Waals surface area contributed by atoms with Gasteiger partial charge in [0.15, 0.2) is 0 Å². The highest BCUT2D eigenvalue weighted by Gasteiger charge is 2.49. The molecule has 1 amide bonds. The van der Waals surface area contributed by atoms with Crippen LogP contribution in [-0.4, -0.2) is 47.1 Å². The summed E-state index contributed by atoms with van der Waals surface area (Å²) in [5, 5.41) is 0. The Kier molecular flexibility index (Phi) is 4.46. The highest BCUT2D eigenvalue weighted by Crippen LogP contribution is 2.36. The van der Waals surface area contributed by atoms with Crippen LogP contribution in [0.25, 0.3) is 0 Å². The van der Waals surface area contributed by atoms with E-state index in [2.05, 4.69) is 16.8 Å². The van der Waals surface area contributed by atoms with Crippen molar-refractivity contribution >= 4 is 11.6 Å². The van der Waals surface area contributed by atoms with Crippen LogP contribution in [0.15, 0.2) is 48.7 Å². The van der Waals surface area contributed by atoms with E-state index in [1.165, 1.54) is 12.1 Å². The summed E-state index contributed by atoms with van der Waals surface area (Å²) in [5.74, 6) is -0.375. The molecule has 3 heterocycles. The molecule has 2 aromatic rings. The number of piperidine rings is 1. The van der Waals surface area contributed by atoms with Crippen LogP contribution in [0.3, 0.4) is 0 Å². The summed E-state index contributed by atoms with van der Waals surface area (Å²) in [6.07, 6.45) is 2.60. The molecular weight excluding hydrogens is 333 g/mol. The summed E-state index contributed by atoms with van der Waals surface area (Å²) in [7, 11) is 0. The first-order valence-electron chi connectivity index (χ1n) is 8.89. The zero-order valence-corrected chi connectivity index (χ0v) is 14.8. The maximum Gasteiger partial charge on any atom is 0.253 e. The maximum atomic E-state index is 13.3. The lowest BCUT2D eigenvalue weighted by Gasteiger charge is -2.52. The molecule has 1 aromatic heterocycles. The van der Waals surface area contributed by atoms with Crippen LogP contribution in [0.4, 0.5) is 10.1 Å². The van der Waals surface area contributed by atoms with Gasteiger partial charge in [-0.05, 0) is 49.7 Å². The van der Waals surface area contributed by atoms with E-state index in [1.54, 1.807) is 23.2 Å². The van der Waals surface area contributed by atoms with Crippen LogP contribution in [0, 0.1) is 5.82 Å². The van der Waals surface area contributed by atoms with Gasteiger partial charge in [-0.25, -0.2) is 4.39 Å². The van der Waals surface area contributed by atoms with Crippen molar-refractivity contribution in [2.24, 2.45) is 0 Å². The fourth-order valence-electron chi connectivity index (χ4n) is 4.03. The molecule has 0 N–H and O–H groups in total. The number of pyridine rings is 1. The van der Waals surface area contributed by atoms with Crippen molar-refractivity contribution in [1.29, 1.82) is 0 Å². The molecule has 2 aliphatic heterocycles. The Morgan fingerprint density at radius 2 is 2.08 bits per heavy atom. The monoisotopic (exact) mass is 355 g/mol. The van der Waals surface area contributed by atoms with Crippen LogP contribution in [0.2, 0.25) is 0 Å². The van der Waals surface area contributed by atoms with Gasteiger partial charge in [0.2, 0.25) is 0 Å². The van der Waals surface area contributed by atoms with Gasteiger partial charge in [0.25, 0.3) is 5.91 Å². The molecule has 136 valence electrons. The Balaban J connectivity index is 1.55. The van der Waals surface area contributed by atoms with Crippen molar-refractivity contribution in [3.63, 3.8) is 0 Å². The molecule has 2 saturated heterocycles. The van der Waals surface area contributed by atoms with Crippen molar-refractivity contribution in [1.82, 2.24) is 9.88 Å². The predicted molar refractivity (Wildman–Crippen MR) is 96.2 cm³/mol. The van der Waals surface area contributed by atoms with Crippen molar-refractivity contribution in [2.45, 2.75) is 31.5 Å². The zero-order chi connectivity index (χ0) is 18.1. The van der Waals surface area contributed by atoms with Gasteiger partial charge >= 0.3 is 0 Å². The molecule has 6 heteroatoms. The van der Waals surface area contributed by atoms with Gasteiger partial charge in [-0.3, -0.25) is 14.7 Å². The van der Waals surface area contributed by atoms with Gasteiger partial charge in [-0.2, -0.15) is 0 Å². The summed E-state index contributed by atoms with van der Waals surface area (Å²) in [6, 6.07) is 12.0. The van der Waals surface area contributed by atoms with Gasteiger partial charge in [0.05, 0.1) is 17.3 Å². The number of likely N-dealkylation sites (tertiary alicyclic amines) is 1. The second-order valence-corrected chi connectivity index (χ2v) is 7.18. The Bertz CT molecular complexity index is 783. The van der Waals surface area contributed by atoms with E-state index in [9.17, 15) is 9.18 Å². The van der Waals surface area contributed by atoms with E-state index in [-0.39, 0.29) is 24.4 Å². The van der Waals surface area contributed by atoms with Gasteiger partial charge in [-0.1, -0.05) is 6.07 Å². The van der Waals surface area contributed by atoms with Crippen molar-refractivity contribution in [3.05, 3.63) is 60.2 Å². The van der Waals surface area contributed by atoms with E-state index in [4.69, 9.17) is 4.74 Å². The number of morpholine rings is 1. The Hall–Kier alpha value is -2.31. The number of amides is 1. The Morgan fingerprint density at radius 3 is 2.81 bits per heavy atom. The summed E-state index contributed by atoms with van der Waals surface area (Å²) in [4.78, 5) is 21.0. The summed E-state index contributed by atoms with van der Waals surface area (Å²) < 4.78 is 19.3. The van der Waals surface area contributed by atoms with Gasteiger partial charge < -0.3 is 9.64 Å². The molecule has 0 spiro atoms. The Labute approximate surface area is 152 Å². The molecule has 2 fully saturated rings. The number of hydrogen-bond donors (Lipinski definition) is 0. The average Bonchev–Trinajstić information content (AvgIpc) is 2.64. The van der Waals surface area contributed by atoms with Crippen LogP contribution in [0.5, 0.6) is 0 Å². The number of anilines is 1. The normalized spacial score (nSPS) is 26.6. The Morgan fingerprint density at radius 1 is 1.27 bits per heavy atom. The molecule has 2 atom stereocenters. The fourth-order valence-corrected chi connectivity index (χ4v) is 4.03. The fraction of sp³-hybridized carbons (Fsp3) is 0.400. The number of benzene rings is 1. The first kappa shape index (κ1) is 17.1. The summed E-state index contributed by atoms with van der Waals surface area (Å²) in [6.45, 7) is 4.44. The molecule has 0 saturated carbocycles. The number of halogens is 1. The quantitative estimate of drug-likeness (QED) is 0.849. The molecule has 4 rings (SSSR count). The first-order valence-corrected chi connectivity index (χ1v) is 8.89. The maximum absolute atomic E-state index is 13.3. The minimum absolute atomic E-state index is 0.0435. The van der Waals surface area contributed by atoms with Gasteiger partial charge in [0.1, 0.15) is 12.4 Å². The van der Waals surface area contributed by atoms with Crippen LogP contribution in [0.1, 0.15) is 19.0 Å². The van der Waals surface area contributed by atoms with Gasteiger partial charge in [-0.15, -0.1) is 0 Å². The van der Waals surface area contributed by atoms with E-state index >= 15 is 0 Å². The van der Waals surface area contributed by atoms with E-state index in [0.717, 1.165) is 37.4 Å². The lowest BCUT2D eigenvalue weighted by Crippen LogP contribution is -2.67. The number of nitrogens with zero attached hydrogens (tertiary/aromatic N) is 3. The van der Waals surface area contributed by atoms with E-state index in [1.807, 2.05) is 18.2 Å². The second kappa shape index (κ2) is 6.78. The first-order chi connectivity index (χ1) is 12.5. The number of rotatable bonds is 3. The minimum atomic E-state index is -0.463. The standard InChI is InChI=1S/C20H22FN3O2/c1-20-14-23(12-16-4-2-3-10-22-16)11-9-18(20)24(19(25)13-26-20)17-7-5-15(21)6-8-17/h2-8,10,18H,9,11-14H2,1H3/t18-,20-/m1/s1. The number of aromatic nitrogens is 1. The molecule has 5 nitrogen and oxygen atoms in total. The largest absolute Gasteiger partial charge is 0.362 e. The topological polar surface area (TPSA) is 45.7 Å². The number of carbonyl (C=O) groups is 1. The number of hydrogen-bond acceptors (Lipinski definition) is 4. The van der Waals surface area contributed by atoms with E-state index < -0.39 is 5.60 Å².